The molecule has 1 aliphatic rings. The number of carbonyl (C=O) groups is 2. The number of rotatable bonds is 5. The van der Waals surface area contributed by atoms with E-state index in [2.05, 4.69) is 30.4 Å². The van der Waals surface area contributed by atoms with E-state index in [4.69, 9.17) is 0 Å². The van der Waals surface area contributed by atoms with Gasteiger partial charge in [0, 0.05) is 53.4 Å². The first-order chi connectivity index (χ1) is 17.0. The summed E-state index contributed by atoms with van der Waals surface area (Å²) in [5.41, 5.74) is 5.79. The van der Waals surface area contributed by atoms with Gasteiger partial charge in [-0.25, -0.2) is 0 Å². The quantitative estimate of drug-likeness (QED) is 0.372. The molecule has 0 radical (unpaired) electrons. The number of hydrogen-bond donors (Lipinski definition) is 1. The molecule has 2 unspecified atom stereocenters. The summed E-state index contributed by atoms with van der Waals surface area (Å²) in [5.74, 6) is 0.197. The van der Waals surface area contributed by atoms with Gasteiger partial charge >= 0.3 is 0 Å². The van der Waals surface area contributed by atoms with Gasteiger partial charge in [0.1, 0.15) is 0 Å². The van der Waals surface area contributed by atoms with E-state index in [1.807, 2.05) is 95.5 Å². The van der Waals surface area contributed by atoms with Crippen molar-refractivity contribution in [2.75, 3.05) is 10.2 Å². The van der Waals surface area contributed by atoms with E-state index in [1.54, 1.807) is 0 Å². The normalized spacial score (nSPS) is 17.0. The van der Waals surface area contributed by atoms with Crippen molar-refractivity contribution in [2.45, 2.75) is 38.6 Å². The summed E-state index contributed by atoms with van der Waals surface area (Å²) in [6.45, 7) is 3.96. The van der Waals surface area contributed by atoms with Crippen LogP contribution in [0, 0.1) is 0 Å². The maximum Gasteiger partial charge on any atom is 0.258 e. The van der Waals surface area contributed by atoms with E-state index in [9.17, 15) is 9.59 Å². The number of nitrogens with one attached hydrogen (secondary N) is 1. The van der Waals surface area contributed by atoms with Crippen molar-refractivity contribution in [3.63, 3.8) is 0 Å². The van der Waals surface area contributed by atoms with E-state index in [0.717, 1.165) is 29.0 Å². The number of anilines is 2. The fourth-order valence-corrected chi connectivity index (χ4v) is 4.91. The molecule has 4 aromatic rings. The van der Waals surface area contributed by atoms with Gasteiger partial charge in [-0.05, 0) is 79.1 Å². The third-order valence-corrected chi connectivity index (χ3v) is 6.74. The Labute approximate surface area is 206 Å². The van der Waals surface area contributed by atoms with Crippen molar-refractivity contribution in [3.05, 3.63) is 114 Å². The molecule has 35 heavy (non-hydrogen) atoms. The number of amides is 2. The monoisotopic (exact) mass is 463 g/mol. The summed E-state index contributed by atoms with van der Waals surface area (Å²) < 4.78 is 2.02. The average molecular weight is 464 g/mol. The molecule has 1 aliphatic heterocycles. The van der Waals surface area contributed by atoms with Crippen LogP contribution in [0.4, 0.5) is 11.4 Å². The molecule has 0 spiro atoms. The first-order valence-corrected chi connectivity index (χ1v) is 12.1. The highest BCUT2D eigenvalue weighted by Crippen LogP contribution is 2.42. The van der Waals surface area contributed by atoms with Crippen LogP contribution in [0.15, 0.2) is 97.3 Å². The molecule has 1 aromatic heterocycles. The first kappa shape index (κ1) is 22.7. The molecular formula is C30H29N3O2. The van der Waals surface area contributed by atoms with E-state index in [0.29, 0.717) is 12.0 Å². The molecule has 0 saturated heterocycles. The van der Waals surface area contributed by atoms with E-state index < -0.39 is 0 Å². The lowest BCUT2D eigenvalue weighted by atomic mass is 9.81. The van der Waals surface area contributed by atoms with Crippen molar-refractivity contribution in [2.24, 2.45) is 0 Å². The Bertz CT molecular complexity index is 1330. The summed E-state index contributed by atoms with van der Waals surface area (Å²) >= 11 is 0. The van der Waals surface area contributed by atoms with Crippen molar-refractivity contribution in [1.29, 1.82) is 0 Å². The van der Waals surface area contributed by atoms with Crippen molar-refractivity contribution >= 4 is 23.2 Å². The van der Waals surface area contributed by atoms with Gasteiger partial charge in [-0.2, -0.15) is 0 Å². The molecule has 0 fully saturated rings. The van der Waals surface area contributed by atoms with E-state index in [-0.39, 0.29) is 23.8 Å². The molecule has 5 heteroatoms. The molecule has 1 N–H and O–H groups in total. The van der Waals surface area contributed by atoms with Crippen LogP contribution in [0.5, 0.6) is 0 Å². The predicted molar refractivity (Wildman–Crippen MR) is 140 cm³/mol. The number of hydrogen-bond acceptors (Lipinski definition) is 2. The molecule has 5 rings (SSSR count). The first-order valence-electron chi connectivity index (χ1n) is 12.1. The van der Waals surface area contributed by atoms with Gasteiger partial charge in [-0.1, -0.05) is 37.3 Å². The minimum absolute atomic E-state index is 0.00457. The summed E-state index contributed by atoms with van der Waals surface area (Å²) in [6.07, 6.45) is 5.26. The number of para-hydroxylation sites is 1. The van der Waals surface area contributed by atoms with Crippen LogP contribution in [0.2, 0.25) is 0 Å². The molecule has 176 valence electrons. The van der Waals surface area contributed by atoms with E-state index >= 15 is 0 Å². The van der Waals surface area contributed by atoms with Crippen molar-refractivity contribution < 1.29 is 9.59 Å². The Morgan fingerprint density at radius 2 is 1.57 bits per heavy atom. The van der Waals surface area contributed by atoms with Crippen LogP contribution in [-0.2, 0) is 4.79 Å². The molecule has 2 heterocycles. The van der Waals surface area contributed by atoms with Gasteiger partial charge in [0.2, 0.25) is 5.91 Å². The number of nitrogens with zero attached hydrogens (tertiary/aromatic N) is 2. The third-order valence-electron chi connectivity index (χ3n) is 6.74. The third kappa shape index (κ3) is 4.50. The standard InChI is InChI=1S/C30H29N3O2/c1-3-29(34)31-24-14-10-22(11-15-24)27-20-21(2)33(28-9-5-4-8-26(27)28)30(35)23-12-16-25(17-13-23)32-18-6-7-19-32/h4-19,21,27H,3,20H2,1-2H3,(H,31,34). The largest absolute Gasteiger partial charge is 0.326 e. The van der Waals surface area contributed by atoms with Gasteiger partial charge in [0.05, 0.1) is 0 Å². The highest BCUT2D eigenvalue weighted by molar-refractivity contribution is 6.07. The highest BCUT2D eigenvalue weighted by atomic mass is 16.2. The Morgan fingerprint density at radius 3 is 2.26 bits per heavy atom. The number of fused-ring (bicyclic) bond motifs is 1. The molecule has 0 bridgehead atoms. The van der Waals surface area contributed by atoms with Crippen LogP contribution in [0.25, 0.3) is 5.69 Å². The van der Waals surface area contributed by atoms with Gasteiger partial charge in [-0.15, -0.1) is 0 Å². The zero-order valence-corrected chi connectivity index (χ0v) is 20.0. The number of carbonyl (C=O) groups excluding carboxylic acids is 2. The molecular weight excluding hydrogens is 434 g/mol. The van der Waals surface area contributed by atoms with Crippen LogP contribution in [0.1, 0.15) is 54.1 Å². The van der Waals surface area contributed by atoms with Gasteiger partial charge in [-0.3, -0.25) is 9.59 Å². The smallest absolute Gasteiger partial charge is 0.258 e. The SMILES string of the molecule is CCC(=O)Nc1ccc(C2CC(C)N(C(=O)c3ccc(-n4cccc4)cc3)c3ccccc32)cc1. The second-order valence-corrected chi connectivity index (χ2v) is 9.03. The molecule has 0 saturated carbocycles. The minimum atomic E-state index is 0.00457. The second-order valence-electron chi connectivity index (χ2n) is 9.03. The van der Waals surface area contributed by atoms with Crippen molar-refractivity contribution in [3.8, 4) is 5.69 Å². The topological polar surface area (TPSA) is 54.3 Å². The number of aromatic nitrogens is 1. The predicted octanol–water partition coefficient (Wildman–Crippen LogP) is 6.40. The zero-order chi connectivity index (χ0) is 24.4. The maximum absolute atomic E-state index is 13.7. The highest BCUT2D eigenvalue weighted by Gasteiger charge is 2.34. The Balaban J connectivity index is 1.43. The fourth-order valence-electron chi connectivity index (χ4n) is 4.91. The zero-order valence-electron chi connectivity index (χ0n) is 20.0. The minimum Gasteiger partial charge on any atom is -0.326 e. The Kier molecular flexibility index (Phi) is 6.23. The molecule has 2 amide bonds. The molecule has 5 nitrogen and oxygen atoms in total. The van der Waals surface area contributed by atoms with Crippen LogP contribution >= 0.6 is 0 Å². The van der Waals surface area contributed by atoms with Crippen molar-refractivity contribution in [1.82, 2.24) is 4.57 Å². The summed E-state index contributed by atoms with van der Waals surface area (Å²) in [4.78, 5) is 27.3. The second kappa shape index (κ2) is 9.63. The van der Waals surface area contributed by atoms with Gasteiger partial charge in [0.25, 0.3) is 5.91 Å². The van der Waals surface area contributed by atoms with Gasteiger partial charge < -0.3 is 14.8 Å². The lowest BCUT2D eigenvalue weighted by molar-refractivity contribution is -0.115. The lowest BCUT2D eigenvalue weighted by Crippen LogP contribution is -2.43. The number of benzene rings is 3. The summed E-state index contributed by atoms with van der Waals surface area (Å²) in [5, 5.41) is 2.91. The summed E-state index contributed by atoms with van der Waals surface area (Å²) in [6, 6.07) is 28.0. The molecule has 3 aromatic carbocycles. The fraction of sp³-hybridized carbons (Fsp3) is 0.200. The maximum atomic E-state index is 13.7. The van der Waals surface area contributed by atoms with Gasteiger partial charge in [0.15, 0.2) is 0 Å². The van der Waals surface area contributed by atoms with Crippen LogP contribution in [-0.4, -0.2) is 22.4 Å². The van der Waals surface area contributed by atoms with Crippen LogP contribution in [0.3, 0.4) is 0 Å². The average Bonchev–Trinajstić information content (AvgIpc) is 3.44. The lowest BCUT2D eigenvalue weighted by Gasteiger charge is -2.39. The van der Waals surface area contributed by atoms with Crippen LogP contribution < -0.4 is 10.2 Å². The summed E-state index contributed by atoms with van der Waals surface area (Å²) in [7, 11) is 0. The Hall–Kier alpha value is -4.12. The van der Waals surface area contributed by atoms with E-state index in [1.165, 1.54) is 5.56 Å². The molecule has 2 atom stereocenters. The Morgan fingerprint density at radius 1 is 0.886 bits per heavy atom. The molecule has 0 aliphatic carbocycles.